The van der Waals surface area contributed by atoms with Gasteiger partial charge in [0.1, 0.15) is 5.75 Å². The summed E-state index contributed by atoms with van der Waals surface area (Å²) in [7, 11) is 0. The fraction of sp³-hybridized carbons (Fsp3) is 0.143. The van der Waals surface area contributed by atoms with Crippen LogP contribution < -0.4 is 4.74 Å². The summed E-state index contributed by atoms with van der Waals surface area (Å²) in [6.07, 6.45) is -0.834. The van der Waals surface area contributed by atoms with Gasteiger partial charge >= 0.3 is 5.97 Å². The van der Waals surface area contributed by atoms with Gasteiger partial charge in [0.25, 0.3) is 0 Å². The van der Waals surface area contributed by atoms with E-state index in [-0.39, 0.29) is 12.4 Å². The van der Waals surface area contributed by atoms with Crippen molar-refractivity contribution in [3.63, 3.8) is 0 Å². The van der Waals surface area contributed by atoms with Crippen molar-refractivity contribution in [2.45, 2.75) is 13.0 Å². The highest BCUT2D eigenvalue weighted by Crippen LogP contribution is 2.26. The van der Waals surface area contributed by atoms with Crippen LogP contribution in [0.5, 0.6) is 5.75 Å². The normalized spacial score (nSPS) is 11.8. The van der Waals surface area contributed by atoms with E-state index in [1.54, 1.807) is 37.3 Å². The highest BCUT2D eigenvalue weighted by Gasteiger charge is 2.19. The molecule has 0 saturated heterocycles. The molecule has 0 bridgehead atoms. The second kappa shape index (κ2) is 8.02. The molecule has 3 aromatic carbocycles. The number of ether oxygens (including phenoxy) is 2. The van der Waals surface area contributed by atoms with Crippen molar-refractivity contribution < 1.29 is 19.1 Å². The van der Waals surface area contributed by atoms with Gasteiger partial charge in [-0.05, 0) is 42.6 Å². The molecule has 5 heteroatoms. The molecular formula is C21H17ClO4. The molecule has 0 N–H and O–H groups in total. The van der Waals surface area contributed by atoms with Gasteiger partial charge < -0.3 is 9.47 Å². The van der Waals surface area contributed by atoms with Crippen LogP contribution >= 0.6 is 11.6 Å². The van der Waals surface area contributed by atoms with Gasteiger partial charge in [0.05, 0.1) is 0 Å². The first kappa shape index (κ1) is 18.0. The lowest BCUT2D eigenvalue weighted by Gasteiger charge is -2.15. The van der Waals surface area contributed by atoms with Crippen LogP contribution in [0.1, 0.15) is 17.3 Å². The van der Waals surface area contributed by atoms with Gasteiger partial charge in [0.2, 0.25) is 0 Å². The van der Waals surface area contributed by atoms with Gasteiger partial charge in [-0.2, -0.15) is 0 Å². The van der Waals surface area contributed by atoms with Gasteiger partial charge in [0, 0.05) is 16.0 Å². The van der Waals surface area contributed by atoms with Crippen LogP contribution in [0.2, 0.25) is 5.02 Å². The zero-order valence-electron chi connectivity index (χ0n) is 14.1. The SMILES string of the molecule is C[C@H](Oc1cccc2ccccc12)C(=O)OCC(=O)c1ccc(Cl)cc1. The predicted molar refractivity (Wildman–Crippen MR) is 101 cm³/mol. The van der Waals surface area contributed by atoms with Gasteiger partial charge in [-0.25, -0.2) is 4.79 Å². The third-order valence-electron chi connectivity index (χ3n) is 3.90. The van der Waals surface area contributed by atoms with Crippen LogP contribution in [0.3, 0.4) is 0 Å². The van der Waals surface area contributed by atoms with E-state index in [0.29, 0.717) is 16.3 Å². The van der Waals surface area contributed by atoms with E-state index >= 15 is 0 Å². The minimum atomic E-state index is -0.834. The third kappa shape index (κ3) is 4.21. The molecular weight excluding hydrogens is 352 g/mol. The van der Waals surface area contributed by atoms with Crippen LogP contribution in [0.15, 0.2) is 66.7 Å². The number of halogens is 1. The van der Waals surface area contributed by atoms with Gasteiger partial charge in [-0.3, -0.25) is 4.79 Å². The number of hydrogen-bond acceptors (Lipinski definition) is 4. The van der Waals surface area contributed by atoms with Crippen LogP contribution in [-0.2, 0) is 9.53 Å². The monoisotopic (exact) mass is 368 g/mol. The van der Waals surface area contributed by atoms with E-state index < -0.39 is 12.1 Å². The Kier molecular flexibility index (Phi) is 5.54. The second-order valence-electron chi connectivity index (χ2n) is 5.78. The fourth-order valence-corrected chi connectivity index (χ4v) is 2.64. The van der Waals surface area contributed by atoms with Crippen LogP contribution in [0.4, 0.5) is 0 Å². The maximum atomic E-state index is 12.2. The molecule has 0 saturated carbocycles. The Bertz CT molecular complexity index is 929. The Morgan fingerprint density at radius 3 is 2.42 bits per heavy atom. The number of Topliss-reactive ketones (excluding diaryl/α,β-unsaturated/α-hetero) is 1. The van der Waals surface area contributed by atoms with Gasteiger partial charge in [-0.15, -0.1) is 0 Å². The second-order valence-corrected chi connectivity index (χ2v) is 6.21. The lowest BCUT2D eigenvalue weighted by Crippen LogP contribution is -2.28. The molecule has 4 nitrogen and oxygen atoms in total. The minimum absolute atomic E-state index is 0.299. The van der Waals surface area contributed by atoms with E-state index in [9.17, 15) is 9.59 Å². The van der Waals surface area contributed by atoms with Crippen LogP contribution in [-0.4, -0.2) is 24.5 Å². The zero-order chi connectivity index (χ0) is 18.5. The summed E-state index contributed by atoms with van der Waals surface area (Å²) in [6.45, 7) is 1.25. The number of hydrogen-bond donors (Lipinski definition) is 0. The Hall–Kier alpha value is -2.85. The maximum absolute atomic E-state index is 12.2. The van der Waals surface area contributed by atoms with E-state index in [4.69, 9.17) is 21.1 Å². The minimum Gasteiger partial charge on any atom is -0.478 e. The lowest BCUT2D eigenvalue weighted by molar-refractivity contribution is -0.149. The highest BCUT2D eigenvalue weighted by atomic mass is 35.5. The summed E-state index contributed by atoms with van der Waals surface area (Å²) in [5.41, 5.74) is 0.435. The van der Waals surface area contributed by atoms with Crippen molar-refractivity contribution in [3.05, 3.63) is 77.3 Å². The number of rotatable bonds is 6. The molecule has 0 aromatic heterocycles. The number of carbonyl (C=O) groups excluding carboxylic acids is 2. The Morgan fingerprint density at radius 1 is 0.962 bits per heavy atom. The highest BCUT2D eigenvalue weighted by molar-refractivity contribution is 6.30. The number of ketones is 1. The van der Waals surface area contributed by atoms with Crippen molar-refractivity contribution >= 4 is 34.1 Å². The van der Waals surface area contributed by atoms with E-state index in [2.05, 4.69) is 0 Å². The molecule has 3 rings (SSSR count). The van der Waals surface area contributed by atoms with Gasteiger partial charge in [0.15, 0.2) is 18.5 Å². The number of esters is 1. The van der Waals surface area contributed by atoms with Crippen molar-refractivity contribution in [2.24, 2.45) is 0 Å². The molecule has 0 spiro atoms. The Morgan fingerprint density at radius 2 is 1.65 bits per heavy atom. The summed E-state index contributed by atoms with van der Waals surface area (Å²) >= 11 is 5.79. The topological polar surface area (TPSA) is 52.6 Å². The zero-order valence-corrected chi connectivity index (χ0v) is 14.9. The largest absolute Gasteiger partial charge is 0.478 e. The Labute approximate surface area is 156 Å². The summed E-state index contributed by atoms with van der Waals surface area (Å²) in [6, 6.07) is 19.8. The summed E-state index contributed by atoms with van der Waals surface area (Å²) in [5, 5.41) is 2.46. The van der Waals surface area contributed by atoms with E-state index in [0.717, 1.165) is 10.8 Å². The molecule has 0 amide bonds. The Balaban J connectivity index is 1.61. The van der Waals surface area contributed by atoms with Crippen molar-refractivity contribution in [1.82, 2.24) is 0 Å². The van der Waals surface area contributed by atoms with E-state index in [1.807, 2.05) is 36.4 Å². The average Bonchev–Trinajstić information content (AvgIpc) is 2.66. The first-order valence-electron chi connectivity index (χ1n) is 8.14. The molecule has 0 aliphatic heterocycles. The molecule has 0 heterocycles. The molecule has 1 atom stereocenters. The summed E-state index contributed by atoms with van der Waals surface area (Å²) < 4.78 is 10.8. The molecule has 0 radical (unpaired) electrons. The third-order valence-corrected chi connectivity index (χ3v) is 4.15. The molecule has 132 valence electrons. The van der Waals surface area contributed by atoms with Crippen LogP contribution in [0.25, 0.3) is 10.8 Å². The number of carbonyl (C=O) groups is 2. The van der Waals surface area contributed by atoms with Gasteiger partial charge in [-0.1, -0.05) is 48.0 Å². The first-order valence-corrected chi connectivity index (χ1v) is 8.52. The quantitative estimate of drug-likeness (QED) is 0.468. The first-order chi connectivity index (χ1) is 12.5. The molecule has 26 heavy (non-hydrogen) atoms. The van der Waals surface area contributed by atoms with Crippen molar-refractivity contribution in [2.75, 3.05) is 6.61 Å². The fourth-order valence-electron chi connectivity index (χ4n) is 2.51. The maximum Gasteiger partial charge on any atom is 0.347 e. The molecule has 0 aliphatic rings. The molecule has 0 unspecified atom stereocenters. The lowest BCUT2D eigenvalue weighted by atomic mass is 10.1. The molecule has 0 fully saturated rings. The summed E-state index contributed by atoms with van der Waals surface area (Å²) in [4.78, 5) is 24.2. The number of benzene rings is 3. The smallest absolute Gasteiger partial charge is 0.347 e. The van der Waals surface area contributed by atoms with Crippen molar-refractivity contribution in [3.8, 4) is 5.75 Å². The van der Waals surface area contributed by atoms with Crippen molar-refractivity contribution in [1.29, 1.82) is 0 Å². The predicted octanol–water partition coefficient (Wildman–Crippen LogP) is 4.69. The standard InChI is InChI=1S/C21H17ClO4/c1-14(26-20-8-4-6-15-5-2-3-7-18(15)20)21(24)25-13-19(23)16-9-11-17(22)12-10-16/h2-12,14H,13H2,1H3/t14-/m0/s1. The molecule has 3 aromatic rings. The summed E-state index contributed by atoms with van der Waals surface area (Å²) in [5.74, 6) is -0.302. The number of fused-ring (bicyclic) bond motifs is 1. The molecule has 0 aliphatic carbocycles. The van der Waals surface area contributed by atoms with E-state index in [1.165, 1.54) is 0 Å². The van der Waals surface area contributed by atoms with Crippen LogP contribution in [0, 0.1) is 0 Å². The average molecular weight is 369 g/mol.